The van der Waals surface area contributed by atoms with E-state index in [9.17, 15) is 4.79 Å². The topological polar surface area (TPSA) is 64.4 Å². The highest BCUT2D eigenvalue weighted by atomic mass is 35.5. The molecular weight excluding hydrogens is 300 g/mol. The standard InChI is InChI=1S/C17H32N2O2.ClH/c1-17(2,3)13-6-4-12(5-7-13)11-19-16(20)15-9-8-14(10-18)21-15;/h12-15H,4-11,18H2,1-3H3,(H,19,20);1H/t12?,13?,14-,15+;/m1./s1. The summed E-state index contributed by atoms with van der Waals surface area (Å²) in [4.78, 5) is 12.1. The molecule has 130 valence electrons. The van der Waals surface area contributed by atoms with Crippen molar-refractivity contribution < 1.29 is 9.53 Å². The van der Waals surface area contributed by atoms with Gasteiger partial charge in [0, 0.05) is 13.1 Å². The molecule has 1 heterocycles. The number of hydrogen-bond acceptors (Lipinski definition) is 3. The second kappa shape index (κ2) is 8.51. The van der Waals surface area contributed by atoms with Gasteiger partial charge in [0.15, 0.2) is 0 Å². The largest absolute Gasteiger partial charge is 0.364 e. The number of carbonyl (C=O) groups is 1. The second-order valence-corrected chi connectivity index (χ2v) is 7.89. The van der Waals surface area contributed by atoms with Gasteiger partial charge in [-0.05, 0) is 55.8 Å². The molecule has 4 nitrogen and oxygen atoms in total. The van der Waals surface area contributed by atoms with Gasteiger partial charge in [-0.2, -0.15) is 0 Å². The van der Waals surface area contributed by atoms with Gasteiger partial charge in [0.1, 0.15) is 6.10 Å². The third kappa shape index (κ3) is 5.39. The van der Waals surface area contributed by atoms with Crippen molar-refractivity contribution in [3.63, 3.8) is 0 Å². The summed E-state index contributed by atoms with van der Waals surface area (Å²) in [6.45, 7) is 8.34. The molecular formula is C17H33ClN2O2. The van der Waals surface area contributed by atoms with E-state index in [1.807, 2.05) is 0 Å². The molecule has 22 heavy (non-hydrogen) atoms. The number of ether oxygens (including phenoxy) is 1. The van der Waals surface area contributed by atoms with Crippen LogP contribution >= 0.6 is 12.4 Å². The quantitative estimate of drug-likeness (QED) is 0.832. The normalized spacial score (nSPS) is 32.4. The van der Waals surface area contributed by atoms with Crippen LogP contribution in [-0.4, -0.2) is 31.2 Å². The Labute approximate surface area is 141 Å². The third-order valence-electron chi connectivity index (χ3n) is 5.30. The molecule has 1 aliphatic carbocycles. The van der Waals surface area contributed by atoms with Gasteiger partial charge in [0.25, 0.3) is 0 Å². The lowest BCUT2D eigenvalue weighted by Crippen LogP contribution is -2.39. The van der Waals surface area contributed by atoms with Crippen LogP contribution in [-0.2, 0) is 9.53 Å². The fraction of sp³-hybridized carbons (Fsp3) is 0.941. The Bertz CT molecular complexity index is 349. The first-order chi connectivity index (χ1) is 9.90. The summed E-state index contributed by atoms with van der Waals surface area (Å²) in [6, 6.07) is 0. The Hall–Kier alpha value is -0.320. The predicted octanol–water partition coefficient (Wildman–Crippen LogP) is 2.88. The number of rotatable bonds is 4. The van der Waals surface area contributed by atoms with Crippen molar-refractivity contribution in [2.75, 3.05) is 13.1 Å². The number of amides is 1. The minimum atomic E-state index is -0.274. The van der Waals surface area contributed by atoms with Crippen LogP contribution in [0.15, 0.2) is 0 Å². The summed E-state index contributed by atoms with van der Waals surface area (Å²) >= 11 is 0. The van der Waals surface area contributed by atoms with Crippen LogP contribution in [0.4, 0.5) is 0 Å². The zero-order valence-corrected chi connectivity index (χ0v) is 15.1. The van der Waals surface area contributed by atoms with Crippen LogP contribution in [0.2, 0.25) is 0 Å². The minimum Gasteiger partial charge on any atom is -0.364 e. The maximum Gasteiger partial charge on any atom is 0.249 e. The molecule has 0 bridgehead atoms. The monoisotopic (exact) mass is 332 g/mol. The van der Waals surface area contributed by atoms with Gasteiger partial charge in [0.05, 0.1) is 6.10 Å². The molecule has 0 aromatic rings. The van der Waals surface area contributed by atoms with Crippen molar-refractivity contribution in [1.82, 2.24) is 5.32 Å². The zero-order valence-electron chi connectivity index (χ0n) is 14.3. The SMILES string of the molecule is CC(C)(C)C1CCC(CNC(=O)[C@@H]2CC[C@H](CN)O2)CC1.Cl. The Morgan fingerprint density at radius 3 is 2.27 bits per heavy atom. The van der Waals surface area contributed by atoms with E-state index in [1.165, 1.54) is 25.7 Å². The molecule has 3 N–H and O–H groups in total. The first-order valence-electron chi connectivity index (χ1n) is 8.53. The molecule has 0 aromatic heterocycles. The van der Waals surface area contributed by atoms with Crippen LogP contribution in [0.25, 0.3) is 0 Å². The first-order valence-corrected chi connectivity index (χ1v) is 8.53. The van der Waals surface area contributed by atoms with Crippen molar-refractivity contribution in [1.29, 1.82) is 0 Å². The third-order valence-corrected chi connectivity index (χ3v) is 5.30. The molecule has 0 unspecified atom stereocenters. The highest BCUT2D eigenvalue weighted by Gasteiger charge is 2.32. The molecule has 0 spiro atoms. The van der Waals surface area contributed by atoms with E-state index in [2.05, 4.69) is 26.1 Å². The maximum absolute atomic E-state index is 12.1. The lowest BCUT2D eigenvalue weighted by Gasteiger charge is -2.37. The van der Waals surface area contributed by atoms with Gasteiger partial charge < -0.3 is 15.8 Å². The molecule has 1 amide bonds. The van der Waals surface area contributed by atoms with Gasteiger partial charge in [-0.1, -0.05) is 20.8 Å². The smallest absolute Gasteiger partial charge is 0.249 e. The average molecular weight is 333 g/mol. The highest BCUT2D eigenvalue weighted by Crippen LogP contribution is 2.39. The Balaban J connectivity index is 0.00000242. The molecule has 2 aliphatic rings. The summed E-state index contributed by atoms with van der Waals surface area (Å²) in [7, 11) is 0. The zero-order chi connectivity index (χ0) is 15.5. The molecule has 2 atom stereocenters. The molecule has 2 rings (SSSR count). The summed E-state index contributed by atoms with van der Waals surface area (Å²) in [5.41, 5.74) is 6.00. The summed E-state index contributed by atoms with van der Waals surface area (Å²) < 4.78 is 5.64. The van der Waals surface area contributed by atoms with Crippen molar-refractivity contribution in [2.45, 2.75) is 71.5 Å². The minimum absolute atomic E-state index is 0. The van der Waals surface area contributed by atoms with Crippen molar-refractivity contribution >= 4 is 18.3 Å². The van der Waals surface area contributed by atoms with E-state index in [-0.39, 0.29) is 30.5 Å². The summed E-state index contributed by atoms with van der Waals surface area (Å²) in [5, 5.41) is 3.09. The average Bonchev–Trinajstić information content (AvgIpc) is 2.93. The first kappa shape index (κ1) is 19.7. The molecule has 2 fully saturated rings. The van der Waals surface area contributed by atoms with Crippen LogP contribution in [0, 0.1) is 17.3 Å². The van der Waals surface area contributed by atoms with Crippen LogP contribution < -0.4 is 11.1 Å². The van der Waals surface area contributed by atoms with Crippen molar-refractivity contribution in [3.05, 3.63) is 0 Å². The number of hydrogen-bond donors (Lipinski definition) is 2. The van der Waals surface area contributed by atoms with Gasteiger partial charge >= 0.3 is 0 Å². The van der Waals surface area contributed by atoms with Gasteiger partial charge in [-0.25, -0.2) is 0 Å². The molecule has 0 aromatic carbocycles. The molecule has 1 saturated carbocycles. The van der Waals surface area contributed by atoms with Gasteiger partial charge in [-0.15, -0.1) is 12.4 Å². The number of nitrogens with one attached hydrogen (secondary N) is 1. The summed E-state index contributed by atoms with van der Waals surface area (Å²) in [5.74, 6) is 1.52. The molecule has 1 saturated heterocycles. The Morgan fingerprint density at radius 1 is 1.14 bits per heavy atom. The maximum atomic E-state index is 12.1. The van der Waals surface area contributed by atoms with Crippen LogP contribution in [0.3, 0.4) is 0 Å². The van der Waals surface area contributed by atoms with Crippen LogP contribution in [0.1, 0.15) is 59.3 Å². The second-order valence-electron chi connectivity index (χ2n) is 7.89. The lowest BCUT2D eigenvalue weighted by molar-refractivity contribution is -0.132. The Kier molecular flexibility index (Phi) is 7.63. The Morgan fingerprint density at radius 2 is 1.77 bits per heavy atom. The van der Waals surface area contributed by atoms with E-state index in [1.54, 1.807) is 0 Å². The fourth-order valence-electron chi connectivity index (χ4n) is 3.66. The van der Waals surface area contributed by atoms with Gasteiger partial charge in [-0.3, -0.25) is 4.79 Å². The van der Waals surface area contributed by atoms with E-state index < -0.39 is 0 Å². The van der Waals surface area contributed by atoms with Crippen molar-refractivity contribution in [3.8, 4) is 0 Å². The van der Waals surface area contributed by atoms with Gasteiger partial charge in [0.2, 0.25) is 5.91 Å². The lowest BCUT2D eigenvalue weighted by atomic mass is 9.70. The number of nitrogens with two attached hydrogens (primary N) is 1. The van der Waals surface area contributed by atoms with Crippen LogP contribution in [0.5, 0.6) is 0 Å². The van der Waals surface area contributed by atoms with E-state index in [0.29, 0.717) is 17.9 Å². The van der Waals surface area contributed by atoms with E-state index in [0.717, 1.165) is 25.3 Å². The molecule has 5 heteroatoms. The van der Waals surface area contributed by atoms with Crippen molar-refractivity contribution in [2.24, 2.45) is 23.0 Å². The van der Waals surface area contributed by atoms with E-state index in [4.69, 9.17) is 10.5 Å². The fourth-order valence-corrected chi connectivity index (χ4v) is 3.66. The molecule has 1 aliphatic heterocycles. The number of carbonyl (C=O) groups excluding carboxylic acids is 1. The number of halogens is 1. The summed E-state index contributed by atoms with van der Waals surface area (Å²) in [6.07, 6.45) is 6.57. The van der Waals surface area contributed by atoms with E-state index >= 15 is 0 Å². The predicted molar refractivity (Wildman–Crippen MR) is 92.1 cm³/mol. The molecule has 0 radical (unpaired) electrons. The highest BCUT2D eigenvalue weighted by molar-refractivity contribution is 5.85.